The lowest BCUT2D eigenvalue weighted by Gasteiger charge is -2.14. The van der Waals surface area contributed by atoms with Crippen LogP contribution in [-0.2, 0) is 4.74 Å². The molecular formula is C12H16N4O3. The van der Waals surface area contributed by atoms with Gasteiger partial charge in [0, 0.05) is 19.7 Å². The number of hydrogen-bond acceptors (Lipinski definition) is 6. The molecule has 2 aromatic heterocycles. The zero-order valence-electron chi connectivity index (χ0n) is 10.5. The maximum atomic E-state index is 9.79. The summed E-state index contributed by atoms with van der Waals surface area (Å²) in [7, 11) is 1.80. The quantitative estimate of drug-likeness (QED) is 0.729. The van der Waals surface area contributed by atoms with Crippen LogP contribution in [0.1, 0.15) is 12.6 Å². The predicted octanol–water partition coefficient (Wildman–Crippen LogP) is 0.114. The number of aliphatic hydroxyl groups is 2. The standard InChI is InChI=1S/C12H16N4O3/c1-13-11-7-2-3-16(12(7)15-6-14-11)10-4-8(18)9(5-17)19-10/h2-3,6,8-10,17-18H,4-5H2,1H3,(H,13,14,15)/t8-,9?,10+/m0/s1. The molecule has 7 nitrogen and oxygen atoms in total. The van der Waals surface area contributed by atoms with Crippen molar-refractivity contribution in [2.24, 2.45) is 0 Å². The number of nitrogens with zero attached hydrogens (tertiary/aromatic N) is 3. The van der Waals surface area contributed by atoms with Crippen LogP contribution in [0.3, 0.4) is 0 Å². The number of nitrogens with one attached hydrogen (secondary N) is 1. The number of anilines is 1. The SMILES string of the molecule is CNc1ncnc2c1ccn2[C@H]1C[C@H](O)C(CO)O1. The van der Waals surface area contributed by atoms with Crippen molar-refractivity contribution in [2.75, 3.05) is 19.0 Å². The highest BCUT2D eigenvalue weighted by Gasteiger charge is 2.35. The van der Waals surface area contributed by atoms with Crippen LogP contribution in [0.25, 0.3) is 11.0 Å². The van der Waals surface area contributed by atoms with Gasteiger partial charge in [-0.05, 0) is 6.07 Å². The second-order valence-electron chi connectivity index (χ2n) is 4.55. The van der Waals surface area contributed by atoms with Gasteiger partial charge in [0.05, 0.1) is 18.1 Å². The van der Waals surface area contributed by atoms with Crippen LogP contribution in [0, 0.1) is 0 Å². The van der Waals surface area contributed by atoms with Gasteiger partial charge in [-0.15, -0.1) is 0 Å². The fraction of sp³-hybridized carbons (Fsp3) is 0.500. The first kappa shape index (κ1) is 12.3. The summed E-state index contributed by atoms with van der Waals surface area (Å²) in [4.78, 5) is 8.40. The van der Waals surface area contributed by atoms with Crippen molar-refractivity contribution in [1.82, 2.24) is 14.5 Å². The number of ether oxygens (including phenoxy) is 1. The molecular weight excluding hydrogens is 248 g/mol. The average Bonchev–Trinajstić information content (AvgIpc) is 3.01. The van der Waals surface area contributed by atoms with Gasteiger partial charge in [0.25, 0.3) is 0 Å². The summed E-state index contributed by atoms with van der Waals surface area (Å²) in [6.45, 7) is -0.187. The van der Waals surface area contributed by atoms with Crippen LogP contribution >= 0.6 is 0 Å². The lowest BCUT2D eigenvalue weighted by molar-refractivity contribution is -0.0430. The minimum Gasteiger partial charge on any atom is -0.394 e. The Morgan fingerprint density at radius 2 is 2.37 bits per heavy atom. The molecule has 3 rings (SSSR count). The summed E-state index contributed by atoms with van der Waals surface area (Å²) >= 11 is 0. The van der Waals surface area contributed by atoms with E-state index >= 15 is 0 Å². The molecule has 1 aliphatic rings. The van der Waals surface area contributed by atoms with Gasteiger partial charge < -0.3 is 24.8 Å². The van der Waals surface area contributed by atoms with Gasteiger partial charge in [0.1, 0.15) is 30.1 Å². The van der Waals surface area contributed by atoms with E-state index in [-0.39, 0.29) is 12.8 Å². The molecule has 102 valence electrons. The van der Waals surface area contributed by atoms with Gasteiger partial charge in [0.2, 0.25) is 0 Å². The van der Waals surface area contributed by atoms with Crippen molar-refractivity contribution in [3.63, 3.8) is 0 Å². The van der Waals surface area contributed by atoms with Crippen molar-refractivity contribution in [2.45, 2.75) is 24.9 Å². The fourth-order valence-corrected chi connectivity index (χ4v) is 2.45. The van der Waals surface area contributed by atoms with Gasteiger partial charge in [0.15, 0.2) is 0 Å². The summed E-state index contributed by atoms with van der Waals surface area (Å²) in [6.07, 6.45) is 2.28. The first-order valence-electron chi connectivity index (χ1n) is 6.18. The van der Waals surface area contributed by atoms with Crippen molar-refractivity contribution < 1.29 is 14.9 Å². The second-order valence-corrected chi connectivity index (χ2v) is 4.55. The topological polar surface area (TPSA) is 92.4 Å². The largest absolute Gasteiger partial charge is 0.394 e. The number of rotatable bonds is 3. The minimum atomic E-state index is -0.655. The molecule has 0 spiro atoms. The van der Waals surface area contributed by atoms with E-state index < -0.39 is 12.2 Å². The third kappa shape index (κ3) is 1.95. The van der Waals surface area contributed by atoms with Crippen LogP contribution in [0.15, 0.2) is 18.6 Å². The Labute approximate surface area is 109 Å². The van der Waals surface area contributed by atoms with Gasteiger partial charge in [-0.25, -0.2) is 9.97 Å². The van der Waals surface area contributed by atoms with Gasteiger partial charge >= 0.3 is 0 Å². The van der Waals surface area contributed by atoms with Gasteiger partial charge in [-0.2, -0.15) is 0 Å². The molecule has 2 aromatic rings. The molecule has 0 amide bonds. The molecule has 3 N–H and O–H groups in total. The van der Waals surface area contributed by atoms with E-state index in [0.717, 1.165) is 16.9 Å². The van der Waals surface area contributed by atoms with Crippen molar-refractivity contribution >= 4 is 16.9 Å². The summed E-state index contributed by atoms with van der Waals surface area (Å²) in [5.41, 5.74) is 0.745. The zero-order chi connectivity index (χ0) is 13.4. The highest BCUT2D eigenvalue weighted by Crippen LogP contribution is 2.32. The molecule has 1 aliphatic heterocycles. The molecule has 7 heteroatoms. The summed E-state index contributed by atoms with van der Waals surface area (Å²) in [6, 6.07) is 1.91. The molecule has 3 heterocycles. The Hall–Kier alpha value is -1.70. The lowest BCUT2D eigenvalue weighted by atomic mass is 10.2. The van der Waals surface area contributed by atoms with E-state index in [2.05, 4.69) is 15.3 Å². The maximum Gasteiger partial charge on any atom is 0.147 e. The van der Waals surface area contributed by atoms with Crippen LogP contribution in [0.5, 0.6) is 0 Å². The Kier molecular flexibility index (Phi) is 3.09. The van der Waals surface area contributed by atoms with Gasteiger partial charge in [-0.3, -0.25) is 0 Å². The van der Waals surface area contributed by atoms with E-state index in [1.54, 1.807) is 7.05 Å². The van der Waals surface area contributed by atoms with Crippen molar-refractivity contribution in [3.8, 4) is 0 Å². The normalized spacial score (nSPS) is 27.0. The monoisotopic (exact) mass is 264 g/mol. The maximum absolute atomic E-state index is 9.79. The van der Waals surface area contributed by atoms with Crippen LogP contribution in [0.2, 0.25) is 0 Å². The zero-order valence-corrected chi connectivity index (χ0v) is 10.5. The first-order valence-corrected chi connectivity index (χ1v) is 6.18. The Morgan fingerprint density at radius 1 is 1.53 bits per heavy atom. The van der Waals surface area contributed by atoms with Gasteiger partial charge in [-0.1, -0.05) is 0 Å². The smallest absolute Gasteiger partial charge is 0.147 e. The number of aromatic nitrogens is 3. The molecule has 19 heavy (non-hydrogen) atoms. The summed E-state index contributed by atoms with van der Waals surface area (Å²) in [5.74, 6) is 0.751. The molecule has 1 unspecified atom stereocenters. The summed E-state index contributed by atoms with van der Waals surface area (Å²) in [5, 5.41) is 22.8. The molecule has 3 atom stereocenters. The number of fused-ring (bicyclic) bond motifs is 1. The Morgan fingerprint density at radius 3 is 3.05 bits per heavy atom. The first-order chi connectivity index (χ1) is 9.24. The molecule has 0 aliphatic carbocycles. The van der Waals surface area contributed by atoms with E-state index in [4.69, 9.17) is 9.84 Å². The number of aliphatic hydroxyl groups excluding tert-OH is 2. The average molecular weight is 264 g/mol. The molecule has 1 saturated heterocycles. The fourth-order valence-electron chi connectivity index (χ4n) is 2.45. The minimum absolute atomic E-state index is 0.187. The van der Waals surface area contributed by atoms with Crippen molar-refractivity contribution in [1.29, 1.82) is 0 Å². The second kappa shape index (κ2) is 4.76. The van der Waals surface area contributed by atoms with Crippen LogP contribution in [-0.4, -0.2) is 50.6 Å². The van der Waals surface area contributed by atoms with E-state index in [0.29, 0.717) is 6.42 Å². The molecule has 0 radical (unpaired) electrons. The molecule has 0 aromatic carbocycles. The van der Waals surface area contributed by atoms with Crippen molar-refractivity contribution in [3.05, 3.63) is 18.6 Å². The predicted molar refractivity (Wildman–Crippen MR) is 68.7 cm³/mol. The van der Waals surface area contributed by atoms with Crippen LogP contribution < -0.4 is 5.32 Å². The van der Waals surface area contributed by atoms with E-state index in [1.165, 1.54) is 6.33 Å². The third-order valence-corrected chi connectivity index (χ3v) is 3.44. The Balaban J connectivity index is 1.98. The van der Waals surface area contributed by atoms with Crippen LogP contribution in [0.4, 0.5) is 5.82 Å². The lowest BCUT2D eigenvalue weighted by Crippen LogP contribution is -2.24. The van der Waals surface area contributed by atoms with E-state index in [9.17, 15) is 5.11 Å². The van der Waals surface area contributed by atoms with E-state index in [1.807, 2.05) is 16.8 Å². The Bertz CT molecular complexity index is 585. The third-order valence-electron chi connectivity index (χ3n) is 3.44. The molecule has 0 saturated carbocycles. The molecule has 0 bridgehead atoms. The number of hydrogen-bond donors (Lipinski definition) is 3. The molecule has 1 fully saturated rings. The summed E-state index contributed by atoms with van der Waals surface area (Å²) < 4.78 is 7.49. The highest BCUT2D eigenvalue weighted by atomic mass is 16.5. The highest BCUT2D eigenvalue weighted by molar-refractivity contribution is 5.87.